The van der Waals surface area contributed by atoms with Crippen LogP contribution in [-0.4, -0.2) is 16.7 Å². The molecule has 0 saturated heterocycles. The summed E-state index contributed by atoms with van der Waals surface area (Å²) in [5.41, 5.74) is -0.0560. The quantitative estimate of drug-likeness (QED) is 0.856. The Balaban J connectivity index is 2.63. The van der Waals surface area contributed by atoms with Crippen LogP contribution in [0, 0.1) is 5.92 Å². The molecular weight excluding hydrogens is 202 g/mol. The summed E-state index contributed by atoms with van der Waals surface area (Å²) in [7, 11) is 0. The number of nitrogens with zero attached hydrogens (tertiary/aromatic N) is 2. The van der Waals surface area contributed by atoms with Crippen LogP contribution in [0.2, 0.25) is 0 Å². The Morgan fingerprint density at radius 1 is 1.25 bits per heavy atom. The van der Waals surface area contributed by atoms with Gasteiger partial charge < -0.3 is 9.84 Å². The second kappa shape index (κ2) is 4.95. The van der Waals surface area contributed by atoms with Gasteiger partial charge in [0.15, 0.2) is 5.82 Å². The van der Waals surface area contributed by atoms with E-state index in [0.717, 1.165) is 12.4 Å². The van der Waals surface area contributed by atoms with E-state index in [-0.39, 0.29) is 11.5 Å². The average molecular weight is 225 g/mol. The molecule has 92 valence electrons. The van der Waals surface area contributed by atoms with E-state index >= 15 is 0 Å². The van der Waals surface area contributed by atoms with Crippen molar-refractivity contribution < 1.29 is 4.52 Å². The van der Waals surface area contributed by atoms with Crippen molar-refractivity contribution in [3.63, 3.8) is 0 Å². The molecule has 4 nitrogen and oxygen atoms in total. The van der Waals surface area contributed by atoms with Crippen molar-refractivity contribution in [1.29, 1.82) is 0 Å². The molecule has 0 aliphatic heterocycles. The van der Waals surface area contributed by atoms with Gasteiger partial charge in [-0.15, -0.1) is 0 Å². The molecule has 4 heteroatoms. The summed E-state index contributed by atoms with van der Waals surface area (Å²) in [4.78, 5) is 4.42. The maximum Gasteiger partial charge on any atom is 0.243 e. The molecule has 0 bridgehead atoms. The van der Waals surface area contributed by atoms with Gasteiger partial charge in [0.05, 0.1) is 6.04 Å². The van der Waals surface area contributed by atoms with Crippen LogP contribution in [0.5, 0.6) is 0 Å². The van der Waals surface area contributed by atoms with E-state index in [0.29, 0.717) is 11.8 Å². The van der Waals surface area contributed by atoms with Crippen molar-refractivity contribution in [3.05, 3.63) is 11.7 Å². The van der Waals surface area contributed by atoms with Gasteiger partial charge in [-0.1, -0.05) is 39.8 Å². The van der Waals surface area contributed by atoms with Gasteiger partial charge in [0.1, 0.15) is 0 Å². The monoisotopic (exact) mass is 225 g/mol. The van der Waals surface area contributed by atoms with Crippen molar-refractivity contribution in [2.24, 2.45) is 5.92 Å². The lowest BCUT2D eigenvalue weighted by molar-refractivity contribution is 0.326. The lowest BCUT2D eigenvalue weighted by Gasteiger charge is -2.12. The molecule has 0 amide bonds. The Hall–Kier alpha value is -0.900. The summed E-state index contributed by atoms with van der Waals surface area (Å²) in [6, 6.07) is 0.117. The molecule has 1 N–H and O–H groups in total. The first kappa shape index (κ1) is 13.2. The van der Waals surface area contributed by atoms with Crippen LogP contribution < -0.4 is 5.32 Å². The minimum atomic E-state index is -0.0560. The van der Waals surface area contributed by atoms with Crippen LogP contribution in [0.3, 0.4) is 0 Å². The molecule has 1 atom stereocenters. The third-order valence-corrected chi connectivity index (χ3v) is 2.32. The number of aromatic nitrogens is 2. The standard InChI is InChI=1S/C12H23N3O/c1-8(2)7-13-9(3)10-14-11(15-16-10)12(4,5)6/h8-9,13H,7H2,1-6H3. The summed E-state index contributed by atoms with van der Waals surface area (Å²) >= 11 is 0. The number of rotatable bonds is 4. The van der Waals surface area contributed by atoms with Crippen LogP contribution in [0.25, 0.3) is 0 Å². The Kier molecular flexibility index (Phi) is 4.08. The molecule has 0 aliphatic carbocycles. The van der Waals surface area contributed by atoms with Crippen LogP contribution >= 0.6 is 0 Å². The summed E-state index contributed by atoms with van der Waals surface area (Å²) < 4.78 is 5.26. The molecule has 1 rings (SSSR count). The van der Waals surface area contributed by atoms with E-state index in [1.54, 1.807) is 0 Å². The average Bonchev–Trinajstić information content (AvgIpc) is 2.61. The topological polar surface area (TPSA) is 51.0 Å². The van der Waals surface area contributed by atoms with Gasteiger partial charge in [-0.05, 0) is 19.4 Å². The van der Waals surface area contributed by atoms with E-state index < -0.39 is 0 Å². The zero-order valence-corrected chi connectivity index (χ0v) is 11.2. The Morgan fingerprint density at radius 3 is 2.31 bits per heavy atom. The van der Waals surface area contributed by atoms with Gasteiger partial charge in [-0.3, -0.25) is 0 Å². The maximum atomic E-state index is 5.26. The fraction of sp³-hybridized carbons (Fsp3) is 0.833. The van der Waals surface area contributed by atoms with E-state index in [2.05, 4.69) is 50.1 Å². The lowest BCUT2D eigenvalue weighted by atomic mass is 9.96. The second-order valence-corrected chi connectivity index (χ2v) is 5.73. The van der Waals surface area contributed by atoms with Crippen molar-refractivity contribution in [2.75, 3.05) is 6.54 Å². The third-order valence-electron chi connectivity index (χ3n) is 2.32. The molecule has 0 fully saturated rings. The van der Waals surface area contributed by atoms with E-state index in [1.165, 1.54) is 0 Å². The molecule has 1 aromatic heterocycles. The van der Waals surface area contributed by atoms with Gasteiger partial charge in [0, 0.05) is 5.41 Å². The van der Waals surface area contributed by atoms with Crippen molar-refractivity contribution >= 4 is 0 Å². The van der Waals surface area contributed by atoms with Gasteiger partial charge in [-0.2, -0.15) is 4.98 Å². The largest absolute Gasteiger partial charge is 0.338 e. The molecule has 0 aromatic carbocycles. The zero-order valence-electron chi connectivity index (χ0n) is 11.2. The van der Waals surface area contributed by atoms with Crippen molar-refractivity contribution in [2.45, 2.75) is 53.0 Å². The molecule has 0 saturated carbocycles. The molecule has 0 aliphatic rings. The summed E-state index contributed by atoms with van der Waals surface area (Å²) in [5.74, 6) is 2.05. The first-order valence-corrected chi connectivity index (χ1v) is 5.88. The molecule has 0 spiro atoms. The van der Waals surface area contributed by atoms with Gasteiger partial charge >= 0.3 is 0 Å². The van der Waals surface area contributed by atoms with Crippen LogP contribution in [0.4, 0.5) is 0 Å². The number of nitrogens with one attached hydrogen (secondary N) is 1. The highest BCUT2D eigenvalue weighted by Crippen LogP contribution is 2.20. The van der Waals surface area contributed by atoms with Gasteiger partial charge in [0.2, 0.25) is 5.89 Å². The van der Waals surface area contributed by atoms with Crippen LogP contribution in [-0.2, 0) is 5.41 Å². The van der Waals surface area contributed by atoms with Crippen LogP contribution in [0.15, 0.2) is 4.52 Å². The zero-order chi connectivity index (χ0) is 12.3. The fourth-order valence-electron chi connectivity index (χ4n) is 1.22. The normalized spacial score (nSPS) is 14.4. The predicted molar refractivity (Wildman–Crippen MR) is 64.3 cm³/mol. The molecule has 16 heavy (non-hydrogen) atoms. The lowest BCUT2D eigenvalue weighted by Crippen LogP contribution is -2.23. The van der Waals surface area contributed by atoms with Gasteiger partial charge in [-0.25, -0.2) is 0 Å². The minimum Gasteiger partial charge on any atom is -0.338 e. The number of hydrogen-bond acceptors (Lipinski definition) is 4. The van der Waals surface area contributed by atoms with E-state index in [1.807, 2.05) is 6.92 Å². The highest BCUT2D eigenvalue weighted by atomic mass is 16.5. The van der Waals surface area contributed by atoms with Crippen LogP contribution in [0.1, 0.15) is 59.3 Å². The highest BCUT2D eigenvalue weighted by molar-refractivity contribution is 5.01. The molecular formula is C12H23N3O. The second-order valence-electron chi connectivity index (χ2n) is 5.73. The SMILES string of the molecule is CC(C)CNC(C)c1nc(C(C)(C)C)no1. The summed E-state index contributed by atoms with van der Waals surface area (Å²) in [6.45, 7) is 13.6. The molecule has 1 unspecified atom stereocenters. The maximum absolute atomic E-state index is 5.26. The smallest absolute Gasteiger partial charge is 0.243 e. The Labute approximate surface area is 97.8 Å². The molecule has 0 radical (unpaired) electrons. The number of hydrogen-bond donors (Lipinski definition) is 1. The first-order valence-electron chi connectivity index (χ1n) is 5.88. The van der Waals surface area contributed by atoms with Crippen molar-refractivity contribution in [3.8, 4) is 0 Å². The first-order chi connectivity index (χ1) is 7.30. The summed E-state index contributed by atoms with van der Waals surface area (Å²) in [6.07, 6.45) is 0. The highest BCUT2D eigenvalue weighted by Gasteiger charge is 2.22. The molecule has 1 heterocycles. The fourth-order valence-corrected chi connectivity index (χ4v) is 1.22. The van der Waals surface area contributed by atoms with E-state index in [4.69, 9.17) is 4.52 Å². The summed E-state index contributed by atoms with van der Waals surface area (Å²) in [5, 5.41) is 7.38. The van der Waals surface area contributed by atoms with Gasteiger partial charge in [0.25, 0.3) is 0 Å². The van der Waals surface area contributed by atoms with E-state index in [9.17, 15) is 0 Å². The Morgan fingerprint density at radius 2 is 1.88 bits per heavy atom. The van der Waals surface area contributed by atoms with Crippen molar-refractivity contribution in [1.82, 2.24) is 15.5 Å². The minimum absolute atomic E-state index is 0.0560. The third kappa shape index (κ3) is 3.59. The predicted octanol–water partition coefficient (Wildman–Crippen LogP) is 2.67. The Bertz CT molecular complexity index is 325. The molecule has 1 aromatic rings.